The number of nitrogens with zero attached hydrogens (tertiary/aromatic N) is 2. The number of anilines is 1. The van der Waals surface area contributed by atoms with E-state index in [0.29, 0.717) is 21.8 Å². The molecule has 0 fully saturated rings. The summed E-state index contributed by atoms with van der Waals surface area (Å²) in [6.45, 7) is 3.80. The summed E-state index contributed by atoms with van der Waals surface area (Å²) in [4.78, 5) is 13.3. The first-order valence-corrected chi connectivity index (χ1v) is 17.9. The lowest BCUT2D eigenvalue weighted by atomic mass is 10.1. The number of carbonyl (C=O) groups excluding carboxylic acids is 1. The molecule has 0 aromatic heterocycles. The van der Waals surface area contributed by atoms with Gasteiger partial charge in [0.2, 0.25) is 10.0 Å². The Bertz CT molecular complexity index is 2090. The van der Waals surface area contributed by atoms with E-state index >= 15 is 0 Å². The minimum atomic E-state index is -3.88. The summed E-state index contributed by atoms with van der Waals surface area (Å²) in [5.74, 6) is -0.376. The van der Waals surface area contributed by atoms with E-state index in [-0.39, 0.29) is 34.2 Å². The average Bonchev–Trinajstić information content (AvgIpc) is 3.06. The molecule has 5 aromatic carbocycles. The number of halogens is 1. The minimum absolute atomic E-state index is 0.0646. The lowest BCUT2D eigenvalue weighted by molar-refractivity contribution is 0.0734. The number of hydrogen-bond donors (Lipinski definition) is 0. The Labute approximate surface area is 280 Å². The predicted octanol–water partition coefficient (Wildman–Crippen LogP) is 7.39. The van der Waals surface area contributed by atoms with E-state index in [1.165, 1.54) is 52.1 Å². The Kier molecular flexibility index (Phi) is 10.2. The van der Waals surface area contributed by atoms with Gasteiger partial charge in [0.15, 0.2) is 0 Å². The zero-order valence-electron chi connectivity index (χ0n) is 26.0. The summed E-state index contributed by atoms with van der Waals surface area (Å²) >= 11 is 5.99. The summed E-state index contributed by atoms with van der Waals surface area (Å²) in [7, 11) is -6.21. The number of rotatable bonds is 11. The molecule has 0 spiro atoms. The van der Waals surface area contributed by atoms with Crippen molar-refractivity contribution >= 4 is 43.3 Å². The average molecular weight is 689 g/mol. The number of carbonyl (C=O) groups is 1. The maximum Gasteiger partial charge on any atom is 0.343 e. The molecule has 0 N–H and O–H groups in total. The third-order valence-electron chi connectivity index (χ3n) is 7.59. The first-order chi connectivity index (χ1) is 22.3. The van der Waals surface area contributed by atoms with E-state index in [4.69, 9.17) is 16.3 Å². The van der Waals surface area contributed by atoms with E-state index in [0.717, 1.165) is 11.1 Å². The maximum absolute atomic E-state index is 13.6. The fourth-order valence-electron chi connectivity index (χ4n) is 4.88. The summed E-state index contributed by atoms with van der Waals surface area (Å²) in [5, 5.41) is 0.436. The molecular weight excluding hydrogens is 656 g/mol. The van der Waals surface area contributed by atoms with Crippen LogP contribution in [-0.2, 0) is 33.1 Å². The molecule has 0 saturated heterocycles. The van der Waals surface area contributed by atoms with Gasteiger partial charge >= 0.3 is 5.97 Å². The summed E-state index contributed by atoms with van der Waals surface area (Å²) < 4.78 is 61.9. The third kappa shape index (κ3) is 7.91. The maximum atomic E-state index is 13.6. The minimum Gasteiger partial charge on any atom is -0.423 e. The molecule has 0 radical (unpaired) electrons. The molecule has 0 bridgehead atoms. The molecule has 47 heavy (non-hydrogen) atoms. The van der Waals surface area contributed by atoms with Crippen molar-refractivity contribution in [1.82, 2.24) is 4.31 Å². The Morgan fingerprint density at radius 2 is 1.30 bits per heavy atom. The summed E-state index contributed by atoms with van der Waals surface area (Å²) in [6, 6.07) is 33.3. The Morgan fingerprint density at radius 1 is 0.702 bits per heavy atom. The van der Waals surface area contributed by atoms with Crippen molar-refractivity contribution in [2.24, 2.45) is 0 Å². The van der Waals surface area contributed by atoms with E-state index in [1.54, 1.807) is 55.5 Å². The van der Waals surface area contributed by atoms with Crippen LogP contribution in [0.3, 0.4) is 0 Å². The summed E-state index contributed by atoms with van der Waals surface area (Å²) in [6.07, 6.45) is 0. The van der Waals surface area contributed by atoms with Crippen molar-refractivity contribution in [1.29, 1.82) is 0 Å². The molecule has 0 saturated carbocycles. The molecule has 0 aliphatic carbocycles. The predicted molar refractivity (Wildman–Crippen MR) is 184 cm³/mol. The summed E-state index contributed by atoms with van der Waals surface area (Å²) in [5.41, 5.74) is 3.65. The Balaban J connectivity index is 1.28. The van der Waals surface area contributed by atoms with Crippen LogP contribution in [0.2, 0.25) is 5.02 Å². The number of esters is 1. The van der Waals surface area contributed by atoms with Crippen LogP contribution in [0.15, 0.2) is 131 Å². The van der Waals surface area contributed by atoms with Gasteiger partial charge in [-0.2, -0.15) is 4.31 Å². The van der Waals surface area contributed by atoms with Crippen LogP contribution in [0.5, 0.6) is 5.75 Å². The van der Waals surface area contributed by atoms with Crippen molar-refractivity contribution in [2.45, 2.75) is 36.7 Å². The van der Waals surface area contributed by atoms with E-state index in [9.17, 15) is 21.6 Å². The van der Waals surface area contributed by atoms with Crippen LogP contribution >= 0.6 is 11.6 Å². The number of benzene rings is 5. The normalized spacial score (nSPS) is 11.8. The number of aryl methyl sites for hydroxylation is 2. The number of hydrogen-bond acceptors (Lipinski definition) is 6. The van der Waals surface area contributed by atoms with Crippen molar-refractivity contribution in [3.8, 4) is 5.75 Å². The lowest BCUT2D eigenvalue weighted by Gasteiger charge is -2.23. The first-order valence-electron chi connectivity index (χ1n) is 14.6. The Hall–Kier alpha value is -4.48. The van der Waals surface area contributed by atoms with Gasteiger partial charge in [-0.1, -0.05) is 66.2 Å². The van der Waals surface area contributed by atoms with Crippen LogP contribution in [0.1, 0.15) is 32.6 Å². The Morgan fingerprint density at radius 3 is 1.91 bits per heavy atom. The highest BCUT2D eigenvalue weighted by molar-refractivity contribution is 7.92. The third-order valence-corrected chi connectivity index (χ3v) is 11.6. The molecule has 11 heteroatoms. The lowest BCUT2D eigenvalue weighted by Crippen LogP contribution is -2.30. The fraction of sp³-hybridized carbons (Fsp3) is 0.139. The van der Waals surface area contributed by atoms with Crippen LogP contribution in [-0.4, -0.2) is 34.2 Å². The van der Waals surface area contributed by atoms with Gasteiger partial charge in [-0.15, -0.1) is 0 Å². The monoisotopic (exact) mass is 688 g/mol. The van der Waals surface area contributed by atoms with Gasteiger partial charge < -0.3 is 4.74 Å². The van der Waals surface area contributed by atoms with Gasteiger partial charge in [-0.3, -0.25) is 4.31 Å². The van der Waals surface area contributed by atoms with Gasteiger partial charge in [0, 0.05) is 25.2 Å². The van der Waals surface area contributed by atoms with Gasteiger partial charge in [0.25, 0.3) is 10.0 Å². The van der Waals surface area contributed by atoms with Gasteiger partial charge in [0.1, 0.15) is 5.75 Å². The highest BCUT2D eigenvalue weighted by Crippen LogP contribution is 2.28. The quantitative estimate of drug-likeness (QED) is 0.106. The van der Waals surface area contributed by atoms with Crippen molar-refractivity contribution in [3.05, 3.63) is 154 Å². The smallest absolute Gasteiger partial charge is 0.343 e. The van der Waals surface area contributed by atoms with Crippen molar-refractivity contribution < 1.29 is 26.4 Å². The van der Waals surface area contributed by atoms with Crippen molar-refractivity contribution in [3.63, 3.8) is 0 Å². The second-order valence-corrected chi connectivity index (χ2v) is 15.3. The largest absolute Gasteiger partial charge is 0.423 e. The van der Waals surface area contributed by atoms with Gasteiger partial charge in [-0.25, -0.2) is 21.6 Å². The van der Waals surface area contributed by atoms with E-state index in [2.05, 4.69) is 0 Å². The molecule has 0 unspecified atom stereocenters. The van der Waals surface area contributed by atoms with Gasteiger partial charge in [0.05, 0.1) is 21.0 Å². The van der Waals surface area contributed by atoms with Crippen LogP contribution in [0, 0.1) is 13.8 Å². The number of sulfonamides is 2. The molecule has 0 heterocycles. The first kappa shape index (κ1) is 33.9. The second-order valence-electron chi connectivity index (χ2n) is 11.0. The molecule has 242 valence electrons. The SMILES string of the molecule is Cc1ccc(C)c(S(=O)(=O)N(C)c2ccc(OC(=O)c3ccc(CN(Cc4ccccc4)S(=O)(=O)c4ccc(Cl)cc4)cc3)cc2)c1. The number of ether oxygens (including phenoxy) is 1. The second kappa shape index (κ2) is 14.1. The molecule has 5 rings (SSSR count). The molecule has 8 nitrogen and oxygen atoms in total. The zero-order valence-corrected chi connectivity index (χ0v) is 28.4. The molecule has 0 amide bonds. The standard InChI is InChI=1S/C36H33ClN2O6S2/c1-26-9-10-27(2)35(23-26)47(43,44)38(3)32-17-19-33(20-18-32)45-36(40)30-13-11-29(12-14-30)25-39(24-28-7-5-4-6-8-28)46(41,42)34-21-15-31(37)16-22-34/h4-23H,24-25H2,1-3H3. The fourth-order valence-corrected chi connectivity index (χ4v) is 7.93. The molecular formula is C36H33ClN2O6S2. The topological polar surface area (TPSA) is 101 Å². The zero-order chi connectivity index (χ0) is 33.8. The van der Waals surface area contributed by atoms with Crippen LogP contribution < -0.4 is 9.04 Å². The van der Waals surface area contributed by atoms with E-state index < -0.39 is 26.0 Å². The van der Waals surface area contributed by atoms with Crippen molar-refractivity contribution in [2.75, 3.05) is 11.4 Å². The van der Waals surface area contributed by atoms with Crippen LogP contribution in [0.25, 0.3) is 0 Å². The molecule has 0 aliphatic rings. The molecule has 5 aromatic rings. The highest BCUT2D eigenvalue weighted by Gasteiger charge is 2.26. The molecule has 0 aliphatic heterocycles. The van der Waals surface area contributed by atoms with Crippen LogP contribution in [0.4, 0.5) is 5.69 Å². The highest BCUT2D eigenvalue weighted by atomic mass is 35.5. The molecule has 0 atom stereocenters. The van der Waals surface area contributed by atoms with E-state index in [1.807, 2.05) is 43.3 Å². The van der Waals surface area contributed by atoms with Gasteiger partial charge in [-0.05, 0) is 103 Å².